The minimum Gasteiger partial charge on any atom is -0.478 e. The number of allylic oxidation sites excluding steroid dienone is 1. The van der Waals surface area contributed by atoms with Crippen molar-refractivity contribution in [3.63, 3.8) is 0 Å². The van der Waals surface area contributed by atoms with Crippen LogP contribution in [0.3, 0.4) is 0 Å². The molecule has 1 heterocycles. The third-order valence-electron chi connectivity index (χ3n) is 8.64. The number of para-hydroxylation sites is 1. The second-order valence-electron chi connectivity index (χ2n) is 11.9. The highest BCUT2D eigenvalue weighted by atomic mass is 32.2. The minimum absolute atomic E-state index is 0.0612. The average molecular weight is 671 g/mol. The molecule has 1 aromatic heterocycles. The van der Waals surface area contributed by atoms with Gasteiger partial charge in [-0.15, -0.1) is 11.3 Å². The Kier molecular flexibility index (Phi) is 9.38. The normalized spacial score (nSPS) is 16.1. The fraction of sp³-hybridized carbons (Fsp3) is 0.278. The first-order chi connectivity index (χ1) is 22.6. The molecular weight excluding hydrogens is 637 g/mol. The van der Waals surface area contributed by atoms with Crippen molar-refractivity contribution in [2.45, 2.75) is 61.5 Å². The van der Waals surface area contributed by atoms with E-state index in [0.717, 1.165) is 25.7 Å². The van der Waals surface area contributed by atoms with E-state index in [1.807, 2.05) is 13.0 Å². The molecule has 2 aliphatic rings. The maximum atomic E-state index is 13.7. The van der Waals surface area contributed by atoms with Crippen LogP contribution in [0, 0.1) is 5.92 Å². The molecule has 47 heavy (non-hydrogen) atoms. The van der Waals surface area contributed by atoms with Crippen LogP contribution in [-0.2, 0) is 14.6 Å². The molecule has 1 atom stereocenters. The standard InChI is InChI=1S/C36H34N2O7S2/c1-22(28-12-7-13-29(34(40)41)32(28)45-35(42)25-10-3-2-4-11-25)31-21-46-36(37-31)38-33(39)30(20-23-8-5-6-9-23)24-14-16-26(17-15-24)47(43,44)27-18-19-27/h2-4,7,10-17,20-23,27H,5-6,8-9,18-19H2,1H3,(H,40,41)(H,37,38,39)/b30-20+/t22-/m0/s1. The largest absolute Gasteiger partial charge is 0.478 e. The highest BCUT2D eigenvalue weighted by molar-refractivity contribution is 7.92. The van der Waals surface area contributed by atoms with E-state index in [2.05, 4.69) is 10.3 Å². The number of aromatic carboxylic acids is 1. The number of ether oxygens (including phenoxy) is 1. The fourth-order valence-electron chi connectivity index (χ4n) is 5.83. The van der Waals surface area contributed by atoms with Crippen LogP contribution in [0.2, 0.25) is 0 Å². The number of nitrogens with zero attached hydrogens (tertiary/aromatic N) is 1. The summed E-state index contributed by atoms with van der Waals surface area (Å²) in [4.78, 5) is 43.7. The van der Waals surface area contributed by atoms with Gasteiger partial charge < -0.3 is 9.84 Å². The average Bonchev–Trinajstić information content (AvgIpc) is 3.64. The fourth-order valence-corrected chi connectivity index (χ4v) is 8.28. The first kappa shape index (κ1) is 32.3. The molecule has 2 N–H and O–H groups in total. The molecule has 0 bridgehead atoms. The number of hydrogen-bond donors (Lipinski definition) is 2. The Morgan fingerprint density at radius 1 is 0.936 bits per heavy atom. The van der Waals surface area contributed by atoms with Crippen molar-refractivity contribution in [1.82, 2.24) is 4.98 Å². The van der Waals surface area contributed by atoms with Gasteiger partial charge in [-0.1, -0.05) is 68.3 Å². The lowest BCUT2D eigenvalue weighted by atomic mass is 9.95. The van der Waals surface area contributed by atoms with Crippen LogP contribution in [0.25, 0.3) is 5.57 Å². The van der Waals surface area contributed by atoms with E-state index in [-0.39, 0.29) is 38.8 Å². The number of carboxylic acid groups (broad SMARTS) is 1. The van der Waals surface area contributed by atoms with Gasteiger partial charge in [0.15, 0.2) is 15.0 Å². The highest BCUT2D eigenvalue weighted by Gasteiger charge is 2.37. The Morgan fingerprint density at radius 3 is 2.30 bits per heavy atom. The van der Waals surface area contributed by atoms with Crippen LogP contribution in [0.1, 0.15) is 88.9 Å². The van der Waals surface area contributed by atoms with Gasteiger partial charge in [-0.05, 0) is 67.5 Å². The summed E-state index contributed by atoms with van der Waals surface area (Å²) in [5.74, 6) is -2.57. The number of carboxylic acids is 1. The molecule has 6 rings (SSSR count). The number of thiazole rings is 1. The topological polar surface area (TPSA) is 140 Å². The van der Waals surface area contributed by atoms with Crippen molar-refractivity contribution < 1.29 is 32.6 Å². The van der Waals surface area contributed by atoms with E-state index in [0.29, 0.717) is 40.4 Å². The van der Waals surface area contributed by atoms with Gasteiger partial charge >= 0.3 is 11.9 Å². The summed E-state index contributed by atoms with van der Waals surface area (Å²) in [6, 6.07) is 19.5. The molecular formula is C36H34N2O7S2. The molecule has 242 valence electrons. The second-order valence-corrected chi connectivity index (χ2v) is 15.0. The lowest BCUT2D eigenvalue weighted by molar-refractivity contribution is -0.111. The van der Waals surface area contributed by atoms with E-state index in [4.69, 9.17) is 4.74 Å². The lowest BCUT2D eigenvalue weighted by Gasteiger charge is -2.17. The Morgan fingerprint density at radius 2 is 1.64 bits per heavy atom. The van der Waals surface area contributed by atoms with Gasteiger partial charge in [0, 0.05) is 22.4 Å². The Bertz CT molecular complexity index is 1940. The summed E-state index contributed by atoms with van der Waals surface area (Å²) in [7, 11) is -3.35. The van der Waals surface area contributed by atoms with Crippen LogP contribution in [0.15, 0.2) is 89.1 Å². The molecule has 0 unspecified atom stereocenters. The predicted octanol–water partition coefficient (Wildman–Crippen LogP) is 7.36. The Hall–Kier alpha value is -4.61. The molecule has 1 amide bonds. The summed E-state index contributed by atoms with van der Waals surface area (Å²) in [6.07, 6.45) is 7.49. The van der Waals surface area contributed by atoms with Gasteiger partial charge in [0.25, 0.3) is 5.91 Å². The van der Waals surface area contributed by atoms with E-state index >= 15 is 0 Å². The van der Waals surface area contributed by atoms with Crippen molar-refractivity contribution in [1.29, 1.82) is 0 Å². The summed E-state index contributed by atoms with van der Waals surface area (Å²) in [5.41, 5.74) is 2.23. The summed E-state index contributed by atoms with van der Waals surface area (Å²) in [5, 5.41) is 14.6. The minimum atomic E-state index is -3.35. The molecule has 9 nitrogen and oxygen atoms in total. The molecule has 0 spiro atoms. The van der Waals surface area contributed by atoms with Crippen LogP contribution in [0.5, 0.6) is 5.75 Å². The zero-order valence-electron chi connectivity index (χ0n) is 25.7. The van der Waals surface area contributed by atoms with Gasteiger partial charge in [-0.3, -0.25) is 10.1 Å². The molecule has 0 aliphatic heterocycles. The second kappa shape index (κ2) is 13.6. The van der Waals surface area contributed by atoms with Crippen LogP contribution in [0.4, 0.5) is 5.13 Å². The summed E-state index contributed by atoms with van der Waals surface area (Å²) >= 11 is 1.23. The van der Waals surface area contributed by atoms with Crippen molar-refractivity contribution in [2.75, 3.05) is 5.32 Å². The number of hydrogen-bond acceptors (Lipinski definition) is 8. The molecule has 2 saturated carbocycles. The maximum absolute atomic E-state index is 13.7. The van der Waals surface area contributed by atoms with Crippen LogP contribution in [-0.4, -0.2) is 41.6 Å². The summed E-state index contributed by atoms with van der Waals surface area (Å²) < 4.78 is 31.1. The van der Waals surface area contributed by atoms with Crippen molar-refractivity contribution in [3.8, 4) is 5.75 Å². The van der Waals surface area contributed by atoms with Gasteiger partial charge in [-0.25, -0.2) is 23.0 Å². The van der Waals surface area contributed by atoms with Gasteiger partial charge in [-0.2, -0.15) is 0 Å². The zero-order valence-corrected chi connectivity index (χ0v) is 27.4. The first-order valence-electron chi connectivity index (χ1n) is 15.6. The van der Waals surface area contributed by atoms with E-state index in [1.54, 1.807) is 72.1 Å². The Labute approximate surface area is 277 Å². The third-order valence-corrected chi connectivity index (χ3v) is 11.7. The molecule has 11 heteroatoms. The number of carbonyl (C=O) groups excluding carboxylic acids is 2. The number of carbonyl (C=O) groups is 3. The smallest absolute Gasteiger partial charge is 0.343 e. The molecule has 0 radical (unpaired) electrons. The van der Waals surface area contributed by atoms with Crippen LogP contribution >= 0.6 is 11.3 Å². The highest BCUT2D eigenvalue weighted by Crippen LogP contribution is 2.37. The molecule has 0 saturated heterocycles. The van der Waals surface area contributed by atoms with E-state index in [9.17, 15) is 27.9 Å². The molecule has 4 aromatic rings. The molecule has 3 aromatic carbocycles. The zero-order chi connectivity index (χ0) is 33.1. The van der Waals surface area contributed by atoms with Gasteiger partial charge in [0.1, 0.15) is 11.3 Å². The number of anilines is 1. The predicted molar refractivity (Wildman–Crippen MR) is 180 cm³/mol. The monoisotopic (exact) mass is 670 g/mol. The first-order valence-corrected chi connectivity index (χ1v) is 18.0. The maximum Gasteiger partial charge on any atom is 0.343 e. The van der Waals surface area contributed by atoms with E-state index < -0.39 is 27.7 Å². The number of sulfone groups is 1. The van der Waals surface area contributed by atoms with E-state index in [1.165, 1.54) is 17.4 Å². The van der Waals surface area contributed by atoms with Crippen molar-refractivity contribution in [3.05, 3.63) is 112 Å². The lowest BCUT2D eigenvalue weighted by Crippen LogP contribution is -2.15. The number of rotatable bonds is 11. The van der Waals surface area contributed by atoms with Gasteiger partial charge in [0.2, 0.25) is 0 Å². The number of aromatic nitrogens is 1. The van der Waals surface area contributed by atoms with Crippen LogP contribution < -0.4 is 10.1 Å². The quantitative estimate of drug-likeness (QED) is 0.0959. The van der Waals surface area contributed by atoms with Crippen molar-refractivity contribution >= 4 is 49.7 Å². The molecule has 2 fully saturated rings. The number of benzene rings is 3. The van der Waals surface area contributed by atoms with Crippen molar-refractivity contribution in [2.24, 2.45) is 5.92 Å². The number of amides is 1. The molecule has 2 aliphatic carbocycles. The Balaban J connectivity index is 1.24. The number of nitrogens with one attached hydrogen (secondary N) is 1. The SMILES string of the molecule is C[C@H](c1csc(NC(=O)/C(=C/C2CCCC2)c2ccc(S(=O)(=O)C3CC3)cc2)n1)c1cccc(C(=O)O)c1OC(=O)c1ccccc1. The number of esters is 1. The summed E-state index contributed by atoms with van der Waals surface area (Å²) in [6.45, 7) is 1.82. The van der Waals surface area contributed by atoms with Gasteiger partial charge in [0.05, 0.1) is 21.4 Å². The third kappa shape index (κ3) is 7.21.